The number of carbonyl (C=O) groups is 2. The Labute approximate surface area is 165 Å². The molecule has 0 aliphatic heterocycles. The number of hydrogen-bond donors (Lipinski definition) is 2. The molecule has 28 heavy (non-hydrogen) atoms. The van der Waals surface area contributed by atoms with Gasteiger partial charge in [-0.15, -0.1) is 5.10 Å². The molecule has 2 heterocycles. The molecule has 1 aromatic carbocycles. The zero-order valence-corrected chi connectivity index (χ0v) is 16.6. The Morgan fingerprint density at radius 1 is 1.25 bits per heavy atom. The molecule has 0 unspecified atom stereocenters. The number of halogens is 1. The summed E-state index contributed by atoms with van der Waals surface area (Å²) >= 11 is 1.14. The van der Waals surface area contributed by atoms with Crippen molar-refractivity contribution in [3.05, 3.63) is 52.6 Å². The molecule has 0 bridgehead atoms. The second-order valence-electron chi connectivity index (χ2n) is 6.19. The molecule has 0 aliphatic rings. The van der Waals surface area contributed by atoms with Crippen molar-refractivity contribution in [1.29, 1.82) is 0 Å². The van der Waals surface area contributed by atoms with Crippen LogP contribution in [-0.2, 0) is 4.74 Å². The van der Waals surface area contributed by atoms with Gasteiger partial charge in [0.2, 0.25) is 5.16 Å². The lowest BCUT2D eigenvalue weighted by Gasteiger charge is -2.07. The van der Waals surface area contributed by atoms with Crippen molar-refractivity contribution >= 4 is 23.5 Å². The number of nitrogens with one attached hydrogen (secondary N) is 2. The Kier molecular flexibility index (Phi) is 5.64. The van der Waals surface area contributed by atoms with Gasteiger partial charge in [-0.3, -0.25) is 9.89 Å². The topological polar surface area (TPSA) is 101 Å². The number of rotatable bonds is 6. The molecule has 2 aromatic heterocycles. The molecule has 2 N–H and O–H groups in total. The zero-order valence-electron chi connectivity index (χ0n) is 15.8. The average Bonchev–Trinajstić information content (AvgIpc) is 3.25. The van der Waals surface area contributed by atoms with Crippen LogP contribution in [0.15, 0.2) is 29.4 Å². The summed E-state index contributed by atoms with van der Waals surface area (Å²) in [6, 6.07) is 6.23. The average molecular weight is 402 g/mol. The normalized spacial score (nSPS) is 12.0. The third kappa shape index (κ3) is 3.70. The van der Waals surface area contributed by atoms with E-state index in [-0.39, 0.29) is 5.78 Å². The molecular weight excluding hydrogens is 383 g/mol. The highest BCUT2D eigenvalue weighted by molar-refractivity contribution is 8.00. The molecule has 0 fully saturated rings. The predicted octanol–water partition coefficient (Wildman–Crippen LogP) is 3.71. The SMILES string of the molecule is COC(=O)c1c(C)[nH]c(C(=O)[C@H](C)Sc2n[nH]c(-c3ccccc3F)n2)c1C. The molecule has 0 aliphatic carbocycles. The van der Waals surface area contributed by atoms with E-state index in [9.17, 15) is 14.0 Å². The molecule has 7 nitrogen and oxygen atoms in total. The fourth-order valence-electron chi connectivity index (χ4n) is 2.89. The van der Waals surface area contributed by atoms with Gasteiger partial charge in [0.25, 0.3) is 0 Å². The molecule has 0 radical (unpaired) electrons. The summed E-state index contributed by atoms with van der Waals surface area (Å²) in [7, 11) is 1.30. The van der Waals surface area contributed by atoms with Gasteiger partial charge in [-0.1, -0.05) is 23.9 Å². The number of methoxy groups -OCH3 is 1. The quantitative estimate of drug-likeness (QED) is 0.370. The van der Waals surface area contributed by atoms with Crippen LogP contribution < -0.4 is 0 Å². The van der Waals surface area contributed by atoms with E-state index in [4.69, 9.17) is 4.74 Å². The smallest absolute Gasteiger partial charge is 0.339 e. The van der Waals surface area contributed by atoms with Gasteiger partial charge in [0, 0.05) is 5.69 Å². The number of H-pyrrole nitrogens is 2. The Morgan fingerprint density at radius 3 is 2.64 bits per heavy atom. The number of thioether (sulfide) groups is 1. The zero-order chi connectivity index (χ0) is 20.4. The number of nitrogens with zero attached hydrogens (tertiary/aromatic N) is 2. The van der Waals surface area contributed by atoms with Crippen LogP contribution in [-0.4, -0.2) is 44.3 Å². The summed E-state index contributed by atoms with van der Waals surface area (Å²) in [6.45, 7) is 5.13. The molecule has 146 valence electrons. The van der Waals surface area contributed by atoms with Crippen LogP contribution in [0, 0.1) is 19.7 Å². The van der Waals surface area contributed by atoms with E-state index in [2.05, 4.69) is 20.2 Å². The Morgan fingerprint density at radius 2 is 1.96 bits per heavy atom. The summed E-state index contributed by atoms with van der Waals surface area (Å²) in [4.78, 5) is 32.0. The van der Waals surface area contributed by atoms with Crippen LogP contribution in [0.5, 0.6) is 0 Å². The number of hydrogen-bond acceptors (Lipinski definition) is 6. The number of esters is 1. The van der Waals surface area contributed by atoms with E-state index in [0.29, 0.717) is 39.1 Å². The number of ketones is 1. The molecule has 0 amide bonds. The van der Waals surface area contributed by atoms with Gasteiger partial charge in [0.1, 0.15) is 5.82 Å². The minimum atomic E-state index is -0.522. The first kappa shape index (κ1) is 19.8. The Balaban J connectivity index is 1.79. The van der Waals surface area contributed by atoms with Crippen molar-refractivity contribution in [2.75, 3.05) is 7.11 Å². The van der Waals surface area contributed by atoms with Crippen LogP contribution in [0.2, 0.25) is 0 Å². The third-order valence-electron chi connectivity index (χ3n) is 4.32. The number of aromatic amines is 2. The summed E-state index contributed by atoms with van der Waals surface area (Å²) in [6.07, 6.45) is 0. The van der Waals surface area contributed by atoms with Crippen molar-refractivity contribution in [3.8, 4) is 11.4 Å². The van der Waals surface area contributed by atoms with Crippen molar-refractivity contribution in [2.24, 2.45) is 0 Å². The highest BCUT2D eigenvalue weighted by atomic mass is 32.2. The second-order valence-corrected chi connectivity index (χ2v) is 7.50. The summed E-state index contributed by atoms with van der Waals surface area (Å²) < 4.78 is 18.7. The largest absolute Gasteiger partial charge is 0.465 e. The minimum absolute atomic E-state index is 0.196. The molecule has 3 aromatic rings. The molecule has 0 spiro atoms. The maximum atomic E-state index is 13.9. The number of Topliss-reactive ketones (excluding diaryl/α,β-unsaturated/α-hetero) is 1. The first-order valence-corrected chi connectivity index (χ1v) is 9.37. The van der Waals surface area contributed by atoms with Gasteiger partial charge >= 0.3 is 5.97 Å². The van der Waals surface area contributed by atoms with Gasteiger partial charge in [0.05, 0.1) is 29.2 Å². The fraction of sp³-hybridized carbons (Fsp3) is 0.263. The van der Waals surface area contributed by atoms with Crippen LogP contribution in [0.4, 0.5) is 4.39 Å². The molecule has 0 saturated carbocycles. The van der Waals surface area contributed by atoms with Crippen LogP contribution >= 0.6 is 11.8 Å². The van der Waals surface area contributed by atoms with Crippen molar-refractivity contribution in [1.82, 2.24) is 20.2 Å². The molecular formula is C19H19FN4O3S. The van der Waals surface area contributed by atoms with Crippen molar-refractivity contribution in [2.45, 2.75) is 31.2 Å². The van der Waals surface area contributed by atoms with E-state index in [0.717, 1.165) is 11.8 Å². The minimum Gasteiger partial charge on any atom is -0.465 e. The van der Waals surface area contributed by atoms with E-state index in [1.165, 1.54) is 13.2 Å². The van der Waals surface area contributed by atoms with Gasteiger partial charge in [-0.2, -0.15) is 0 Å². The number of aromatic nitrogens is 4. The number of aryl methyl sites for hydroxylation is 1. The fourth-order valence-corrected chi connectivity index (χ4v) is 3.68. The lowest BCUT2D eigenvalue weighted by atomic mass is 10.1. The number of benzene rings is 1. The van der Waals surface area contributed by atoms with Gasteiger partial charge < -0.3 is 9.72 Å². The molecule has 1 atom stereocenters. The first-order chi connectivity index (χ1) is 13.3. The van der Waals surface area contributed by atoms with E-state index < -0.39 is 17.0 Å². The van der Waals surface area contributed by atoms with Gasteiger partial charge in [-0.25, -0.2) is 14.2 Å². The number of carbonyl (C=O) groups excluding carboxylic acids is 2. The third-order valence-corrected chi connectivity index (χ3v) is 5.28. The van der Waals surface area contributed by atoms with Crippen LogP contribution in [0.1, 0.15) is 39.0 Å². The molecule has 0 saturated heterocycles. The van der Waals surface area contributed by atoms with Gasteiger partial charge in [0.15, 0.2) is 11.6 Å². The van der Waals surface area contributed by atoms with E-state index in [1.54, 1.807) is 39.0 Å². The standard InChI is InChI=1S/C19H19FN4O3S/c1-9-14(18(26)27-4)10(2)21-15(9)16(25)11(3)28-19-22-17(23-24-19)12-7-5-6-8-13(12)20/h5-8,11,21H,1-4H3,(H,22,23,24)/t11-/m0/s1. The van der Waals surface area contributed by atoms with E-state index in [1.807, 2.05) is 0 Å². The molecule has 3 rings (SSSR count). The van der Waals surface area contributed by atoms with Gasteiger partial charge in [-0.05, 0) is 38.5 Å². The highest BCUT2D eigenvalue weighted by Crippen LogP contribution is 2.28. The highest BCUT2D eigenvalue weighted by Gasteiger charge is 2.26. The molecule has 9 heteroatoms. The van der Waals surface area contributed by atoms with E-state index >= 15 is 0 Å². The lowest BCUT2D eigenvalue weighted by Crippen LogP contribution is -2.15. The van der Waals surface area contributed by atoms with Crippen molar-refractivity contribution < 1.29 is 18.7 Å². The second kappa shape index (κ2) is 7.97. The summed E-state index contributed by atoms with van der Waals surface area (Å²) in [5, 5.41) is 6.56. The lowest BCUT2D eigenvalue weighted by molar-refractivity contribution is 0.0599. The first-order valence-electron chi connectivity index (χ1n) is 8.49. The van der Waals surface area contributed by atoms with Crippen molar-refractivity contribution in [3.63, 3.8) is 0 Å². The predicted molar refractivity (Wildman–Crippen MR) is 103 cm³/mol. The van der Waals surface area contributed by atoms with Crippen LogP contribution in [0.3, 0.4) is 0 Å². The summed E-state index contributed by atoms with van der Waals surface area (Å²) in [5.74, 6) is -0.806. The Bertz CT molecular complexity index is 1040. The Hall–Kier alpha value is -2.94. The maximum Gasteiger partial charge on any atom is 0.339 e. The monoisotopic (exact) mass is 402 g/mol. The number of ether oxygens (including phenoxy) is 1. The van der Waals surface area contributed by atoms with Crippen LogP contribution in [0.25, 0.3) is 11.4 Å². The summed E-state index contributed by atoms with van der Waals surface area (Å²) in [5.41, 5.74) is 2.14. The maximum absolute atomic E-state index is 13.9.